The van der Waals surface area contributed by atoms with Crippen molar-refractivity contribution >= 4 is 17.8 Å². The molecule has 0 unspecified atom stereocenters. The molecule has 3 rings (SSSR count). The normalized spacial score (nSPS) is 10.4. The van der Waals surface area contributed by atoms with E-state index < -0.39 is 17.8 Å². The minimum Gasteiger partial charge on any atom is -0.292 e. The molecule has 0 fully saturated rings. The summed E-state index contributed by atoms with van der Waals surface area (Å²) in [5.74, 6) is -0.612. The van der Waals surface area contributed by atoms with Crippen LogP contribution in [0, 0.1) is 19.7 Å². The van der Waals surface area contributed by atoms with Crippen molar-refractivity contribution in [3.05, 3.63) is 77.2 Å². The fourth-order valence-corrected chi connectivity index (χ4v) is 2.42. The van der Waals surface area contributed by atoms with E-state index in [1.54, 1.807) is 49.4 Å². The molecule has 2 aromatic carbocycles. The molecule has 0 aliphatic heterocycles. The van der Waals surface area contributed by atoms with Gasteiger partial charge in [-0.15, -0.1) is 0 Å². The molecule has 2 N–H and O–H groups in total. The van der Waals surface area contributed by atoms with Crippen molar-refractivity contribution in [3.8, 4) is 5.69 Å². The van der Waals surface area contributed by atoms with E-state index in [2.05, 4.69) is 15.7 Å². The maximum atomic E-state index is 13.5. The summed E-state index contributed by atoms with van der Waals surface area (Å²) in [7, 11) is 0. The third kappa shape index (κ3) is 3.94. The summed E-state index contributed by atoms with van der Waals surface area (Å²) in [6.07, 6.45) is 0. The van der Waals surface area contributed by atoms with Gasteiger partial charge in [-0.05, 0) is 44.2 Å². The number of amides is 3. The van der Waals surface area contributed by atoms with Gasteiger partial charge in [-0.2, -0.15) is 5.10 Å². The number of imide groups is 1. The van der Waals surface area contributed by atoms with Crippen LogP contribution < -0.4 is 10.6 Å². The van der Waals surface area contributed by atoms with Crippen LogP contribution in [-0.4, -0.2) is 21.7 Å². The molecule has 132 valence electrons. The topological polar surface area (TPSA) is 76.0 Å². The highest BCUT2D eigenvalue weighted by atomic mass is 19.1. The largest absolute Gasteiger partial charge is 0.327 e. The smallest absolute Gasteiger partial charge is 0.292 e. The number of nitrogens with one attached hydrogen (secondary N) is 2. The summed E-state index contributed by atoms with van der Waals surface area (Å²) < 4.78 is 14.9. The van der Waals surface area contributed by atoms with Crippen LogP contribution in [0.1, 0.15) is 21.6 Å². The second kappa shape index (κ2) is 7.18. The second-order valence-electron chi connectivity index (χ2n) is 5.84. The van der Waals surface area contributed by atoms with Crippen LogP contribution in [0.4, 0.5) is 15.0 Å². The van der Waals surface area contributed by atoms with Crippen molar-refractivity contribution in [1.29, 1.82) is 0 Å². The predicted octanol–water partition coefficient (Wildman–Crippen LogP) is 3.59. The monoisotopic (exact) mass is 352 g/mol. The molecular formula is C19H17FN4O2. The van der Waals surface area contributed by atoms with Crippen molar-refractivity contribution in [2.24, 2.45) is 0 Å². The van der Waals surface area contributed by atoms with Gasteiger partial charge in [0.25, 0.3) is 5.91 Å². The summed E-state index contributed by atoms with van der Waals surface area (Å²) in [4.78, 5) is 24.3. The second-order valence-corrected chi connectivity index (χ2v) is 5.84. The Morgan fingerprint density at radius 1 is 1.04 bits per heavy atom. The highest BCUT2D eigenvalue weighted by molar-refractivity contribution is 6.07. The molecule has 1 heterocycles. The minimum absolute atomic E-state index is 0.322. The number of hydrogen-bond acceptors (Lipinski definition) is 3. The fraction of sp³-hybridized carbons (Fsp3) is 0.105. The standard InChI is InChI=1S/C19H17FN4O2/c1-12-6-8-14(9-7-12)18(25)22-19(26)21-17-10-13(2)23-24(17)16-5-3-4-15(20)11-16/h3-11H,1-2H3,(H2,21,22,25,26). The number of nitrogens with zero attached hydrogens (tertiary/aromatic N) is 2. The van der Waals surface area contributed by atoms with Crippen molar-refractivity contribution in [2.45, 2.75) is 13.8 Å². The van der Waals surface area contributed by atoms with Gasteiger partial charge in [-0.1, -0.05) is 23.8 Å². The number of hydrogen-bond donors (Lipinski definition) is 2. The molecule has 3 aromatic rings. The molecule has 0 spiro atoms. The van der Waals surface area contributed by atoms with Gasteiger partial charge >= 0.3 is 6.03 Å². The average Bonchev–Trinajstić information content (AvgIpc) is 2.95. The Labute approximate surface area is 149 Å². The highest BCUT2D eigenvalue weighted by Crippen LogP contribution is 2.18. The average molecular weight is 352 g/mol. The zero-order valence-corrected chi connectivity index (χ0v) is 14.3. The van der Waals surface area contributed by atoms with Crippen molar-refractivity contribution in [1.82, 2.24) is 15.1 Å². The van der Waals surface area contributed by atoms with Crippen LogP contribution in [-0.2, 0) is 0 Å². The van der Waals surface area contributed by atoms with Gasteiger partial charge in [0.1, 0.15) is 11.6 Å². The first-order valence-electron chi connectivity index (χ1n) is 7.94. The lowest BCUT2D eigenvalue weighted by atomic mass is 10.1. The van der Waals surface area contributed by atoms with Crippen LogP contribution in [0.5, 0.6) is 0 Å². The van der Waals surface area contributed by atoms with Crippen molar-refractivity contribution in [2.75, 3.05) is 5.32 Å². The fourth-order valence-electron chi connectivity index (χ4n) is 2.42. The summed E-state index contributed by atoms with van der Waals surface area (Å²) >= 11 is 0. The Morgan fingerprint density at radius 2 is 1.77 bits per heavy atom. The van der Waals surface area contributed by atoms with Gasteiger partial charge in [-0.25, -0.2) is 13.9 Å². The lowest BCUT2D eigenvalue weighted by Crippen LogP contribution is -2.34. The molecule has 0 saturated heterocycles. The van der Waals surface area contributed by atoms with E-state index >= 15 is 0 Å². The molecule has 6 nitrogen and oxygen atoms in total. The van der Waals surface area contributed by atoms with Crippen LogP contribution in [0.25, 0.3) is 5.69 Å². The van der Waals surface area contributed by atoms with E-state index in [1.807, 2.05) is 6.92 Å². The van der Waals surface area contributed by atoms with Crippen molar-refractivity contribution in [3.63, 3.8) is 0 Å². The number of carbonyl (C=O) groups is 2. The molecule has 0 atom stereocenters. The third-order valence-electron chi connectivity index (χ3n) is 3.67. The third-order valence-corrected chi connectivity index (χ3v) is 3.67. The minimum atomic E-state index is -0.701. The van der Waals surface area contributed by atoms with E-state index in [1.165, 1.54) is 16.8 Å². The van der Waals surface area contributed by atoms with Gasteiger partial charge in [0.15, 0.2) is 0 Å². The quantitative estimate of drug-likeness (QED) is 0.756. The zero-order chi connectivity index (χ0) is 18.7. The Balaban J connectivity index is 1.75. The molecule has 3 amide bonds. The van der Waals surface area contributed by atoms with Gasteiger partial charge in [-0.3, -0.25) is 15.4 Å². The van der Waals surface area contributed by atoms with Gasteiger partial charge in [0.05, 0.1) is 11.4 Å². The maximum Gasteiger partial charge on any atom is 0.327 e. The number of halogens is 1. The molecule has 0 aliphatic rings. The lowest BCUT2D eigenvalue weighted by molar-refractivity contribution is 0.0967. The first-order valence-corrected chi connectivity index (χ1v) is 7.94. The van der Waals surface area contributed by atoms with Gasteiger partial charge < -0.3 is 0 Å². The Morgan fingerprint density at radius 3 is 2.46 bits per heavy atom. The number of rotatable bonds is 3. The Kier molecular flexibility index (Phi) is 4.79. The summed E-state index contributed by atoms with van der Waals surface area (Å²) in [5.41, 5.74) is 2.48. The molecular weight excluding hydrogens is 335 g/mol. The molecule has 26 heavy (non-hydrogen) atoms. The van der Waals surface area contributed by atoms with E-state index in [4.69, 9.17) is 0 Å². The number of carbonyl (C=O) groups excluding carboxylic acids is 2. The summed E-state index contributed by atoms with van der Waals surface area (Å²) in [5, 5.41) is 9.07. The molecule has 0 aliphatic carbocycles. The molecule has 0 radical (unpaired) electrons. The summed E-state index contributed by atoms with van der Waals surface area (Å²) in [6, 6.07) is 13.6. The molecule has 7 heteroatoms. The van der Waals surface area contributed by atoms with E-state index in [-0.39, 0.29) is 0 Å². The van der Waals surface area contributed by atoms with Crippen LogP contribution in [0.2, 0.25) is 0 Å². The molecule has 0 saturated carbocycles. The number of urea groups is 1. The zero-order valence-electron chi connectivity index (χ0n) is 14.3. The van der Waals surface area contributed by atoms with Crippen molar-refractivity contribution < 1.29 is 14.0 Å². The summed E-state index contributed by atoms with van der Waals surface area (Å²) in [6.45, 7) is 3.65. The van der Waals surface area contributed by atoms with Gasteiger partial charge in [0, 0.05) is 11.6 Å². The number of benzene rings is 2. The van der Waals surface area contributed by atoms with Crippen LogP contribution in [0.3, 0.4) is 0 Å². The lowest BCUT2D eigenvalue weighted by Gasteiger charge is -2.10. The van der Waals surface area contributed by atoms with Crippen LogP contribution >= 0.6 is 0 Å². The van der Waals surface area contributed by atoms with Crippen LogP contribution in [0.15, 0.2) is 54.6 Å². The Bertz CT molecular complexity index is 964. The molecule has 1 aromatic heterocycles. The highest BCUT2D eigenvalue weighted by Gasteiger charge is 2.14. The number of aromatic nitrogens is 2. The SMILES string of the molecule is Cc1ccc(C(=O)NC(=O)Nc2cc(C)nn2-c2cccc(F)c2)cc1. The number of anilines is 1. The van der Waals surface area contributed by atoms with E-state index in [9.17, 15) is 14.0 Å². The first-order chi connectivity index (χ1) is 12.4. The van der Waals surface area contributed by atoms with E-state index in [0.29, 0.717) is 22.8 Å². The number of aryl methyl sites for hydroxylation is 2. The predicted molar refractivity (Wildman–Crippen MR) is 95.9 cm³/mol. The maximum absolute atomic E-state index is 13.5. The first kappa shape index (κ1) is 17.3. The Hall–Kier alpha value is -3.48. The van der Waals surface area contributed by atoms with Gasteiger partial charge in [0.2, 0.25) is 0 Å². The molecule has 0 bridgehead atoms. The van der Waals surface area contributed by atoms with E-state index in [0.717, 1.165) is 5.56 Å².